The van der Waals surface area contributed by atoms with Crippen LogP contribution >= 0.6 is 0 Å². The molecule has 1 N–H and O–H groups in total. The van der Waals surface area contributed by atoms with Gasteiger partial charge in [0.2, 0.25) is 0 Å². The molecule has 1 aromatic heterocycles. The molecule has 2 rings (SSSR count). The molecule has 0 amide bonds. The summed E-state index contributed by atoms with van der Waals surface area (Å²) in [6.07, 6.45) is 2.88. The molecule has 0 saturated carbocycles. The van der Waals surface area contributed by atoms with Crippen LogP contribution in [0, 0.1) is 5.82 Å². The van der Waals surface area contributed by atoms with Crippen molar-refractivity contribution in [1.29, 1.82) is 0 Å². The molecular weight excluding hydrogens is 183 g/mol. The first-order chi connectivity index (χ1) is 6.75. The van der Waals surface area contributed by atoms with E-state index >= 15 is 0 Å². The highest BCUT2D eigenvalue weighted by molar-refractivity contribution is 5.61. The first kappa shape index (κ1) is 8.62. The Bertz CT molecular complexity index is 442. The van der Waals surface area contributed by atoms with Gasteiger partial charge in [-0.1, -0.05) is 12.1 Å². The van der Waals surface area contributed by atoms with Gasteiger partial charge in [-0.2, -0.15) is 0 Å². The van der Waals surface area contributed by atoms with Gasteiger partial charge in [0.15, 0.2) is 0 Å². The Labute approximate surface area is 79.9 Å². The van der Waals surface area contributed by atoms with Crippen molar-refractivity contribution in [3.8, 4) is 17.1 Å². The Morgan fingerprint density at radius 2 is 1.79 bits per heavy atom. The smallest absolute Gasteiger partial charge is 0.313 e. The minimum atomic E-state index is -0.310. The standard InChI is InChI=1S/C10H7FN2O/c11-9-3-1-2-7(4-9)8-5-12-10(14)13-6-8/h1-6H,(H,12,13,14). The fourth-order valence-electron chi connectivity index (χ4n) is 1.14. The van der Waals surface area contributed by atoms with Crippen molar-refractivity contribution in [2.45, 2.75) is 0 Å². The van der Waals surface area contributed by atoms with E-state index in [9.17, 15) is 4.39 Å². The van der Waals surface area contributed by atoms with Crippen molar-refractivity contribution in [3.05, 3.63) is 42.5 Å². The molecule has 2 aromatic rings. The Kier molecular flexibility index (Phi) is 2.10. The molecule has 3 nitrogen and oxygen atoms in total. The zero-order valence-electron chi connectivity index (χ0n) is 7.18. The number of hydrogen-bond acceptors (Lipinski definition) is 3. The quantitative estimate of drug-likeness (QED) is 0.747. The zero-order valence-corrected chi connectivity index (χ0v) is 7.18. The first-order valence-electron chi connectivity index (χ1n) is 4.02. The number of hydrogen-bond donors (Lipinski definition) is 1. The highest BCUT2D eigenvalue weighted by atomic mass is 19.1. The van der Waals surface area contributed by atoms with E-state index in [1.165, 1.54) is 24.5 Å². The minimum absolute atomic E-state index is 0.287. The Morgan fingerprint density at radius 1 is 1.07 bits per heavy atom. The Hall–Kier alpha value is -1.97. The average Bonchev–Trinajstić information content (AvgIpc) is 2.19. The van der Waals surface area contributed by atoms with E-state index in [1.807, 2.05) is 0 Å². The fraction of sp³-hybridized carbons (Fsp3) is 0. The topological polar surface area (TPSA) is 46.0 Å². The summed E-state index contributed by atoms with van der Waals surface area (Å²) in [6, 6.07) is 5.82. The summed E-state index contributed by atoms with van der Waals surface area (Å²) in [6.45, 7) is 0. The normalized spacial score (nSPS) is 10.1. The summed E-state index contributed by atoms with van der Waals surface area (Å²) < 4.78 is 12.8. The summed E-state index contributed by atoms with van der Waals surface area (Å²) in [5.74, 6) is -0.310. The van der Waals surface area contributed by atoms with E-state index in [2.05, 4.69) is 9.97 Å². The van der Waals surface area contributed by atoms with Gasteiger partial charge in [-0.05, 0) is 17.7 Å². The van der Waals surface area contributed by atoms with E-state index in [0.29, 0.717) is 11.1 Å². The number of aromatic hydroxyl groups is 1. The molecule has 1 heterocycles. The lowest BCUT2D eigenvalue weighted by Gasteiger charge is -1.99. The lowest BCUT2D eigenvalue weighted by molar-refractivity contribution is 0.430. The van der Waals surface area contributed by atoms with Gasteiger partial charge in [0.1, 0.15) is 5.82 Å². The van der Waals surface area contributed by atoms with E-state index in [-0.39, 0.29) is 11.8 Å². The molecule has 0 saturated heterocycles. The third kappa shape index (κ3) is 1.69. The van der Waals surface area contributed by atoms with Crippen LogP contribution in [0.2, 0.25) is 0 Å². The maximum absolute atomic E-state index is 12.8. The molecule has 1 aromatic carbocycles. The zero-order chi connectivity index (χ0) is 9.97. The molecule has 0 spiro atoms. The molecule has 0 aliphatic heterocycles. The van der Waals surface area contributed by atoms with Crippen LogP contribution in [0.1, 0.15) is 0 Å². The van der Waals surface area contributed by atoms with Crippen LogP contribution in [-0.4, -0.2) is 15.1 Å². The highest BCUT2D eigenvalue weighted by Gasteiger charge is 2.00. The van der Waals surface area contributed by atoms with Crippen LogP contribution in [0.15, 0.2) is 36.7 Å². The van der Waals surface area contributed by atoms with Crippen LogP contribution in [0.5, 0.6) is 6.01 Å². The summed E-state index contributed by atoms with van der Waals surface area (Å²) in [4.78, 5) is 7.21. The molecule has 0 aliphatic carbocycles. The molecule has 4 heteroatoms. The second-order valence-corrected chi connectivity index (χ2v) is 2.78. The number of nitrogens with zero attached hydrogens (tertiary/aromatic N) is 2. The molecule has 14 heavy (non-hydrogen) atoms. The van der Waals surface area contributed by atoms with Crippen LogP contribution in [0.3, 0.4) is 0 Å². The number of rotatable bonds is 1. The SMILES string of the molecule is Oc1ncc(-c2cccc(F)c2)cn1. The summed E-state index contributed by atoms with van der Waals surface area (Å²) in [7, 11) is 0. The fourth-order valence-corrected chi connectivity index (χ4v) is 1.14. The maximum atomic E-state index is 12.8. The Morgan fingerprint density at radius 3 is 2.43 bits per heavy atom. The van der Waals surface area contributed by atoms with E-state index < -0.39 is 0 Å². The lowest BCUT2D eigenvalue weighted by atomic mass is 10.1. The van der Waals surface area contributed by atoms with Gasteiger partial charge in [0, 0.05) is 18.0 Å². The maximum Gasteiger partial charge on any atom is 0.313 e. The molecule has 0 aliphatic rings. The second kappa shape index (κ2) is 3.41. The van der Waals surface area contributed by atoms with Crippen LogP contribution in [0.25, 0.3) is 11.1 Å². The molecule has 0 bridgehead atoms. The van der Waals surface area contributed by atoms with Crippen molar-refractivity contribution in [3.63, 3.8) is 0 Å². The summed E-state index contributed by atoms with van der Waals surface area (Å²) in [5, 5.41) is 8.86. The van der Waals surface area contributed by atoms with Crippen molar-refractivity contribution in [2.24, 2.45) is 0 Å². The monoisotopic (exact) mass is 190 g/mol. The average molecular weight is 190 g/mol. The van der Waals surface area contributed by atoms with Crippen LogP contribution in [-0.2, 0) is 0 Å². The van der Waals surface area contributed by atoms with Gasteiger partial charge >= 0.3 is 6.01 Å². The van der Waals surface area contributed by atoms with Gasteiger partial charge in [-0.25, -0.2) is 14.4 Å². The van der Waals surface area contributed by atoms with Gasteiger partial charge in [-0.15, -0.1) is 0 Å². The van der Waals surface area contributed by atoms with E-state index in [0.717, 1.165) is 0 Å². The largest absolute Gasteiger partial charge is 0.479 e. The predicted molar refractivity (Wildman–Crippen MR) is 49.1 cm³/mol. The van der Waals surface area contributed by atoms with Crippen molar-refractivity contribution >= 4 is 0 Å². The molecule has 70 valence electrons. The Balaban J connectivity index is 2.44. The molecule has 0 fully saturated rings. The number of aromatic nitrogens is 2. The lowest BCUT2D eigenvalue weighted by Crippen LogP contribution is -1.84. The minimum Gasteiger partial charge on any atom is -0.479 e. The van der Waals surface area contributed by atoms with Crippen LogP contribution < -0.4 is 0 Å². The van der Waals surface area contributed by atoms with Crippen LogP contribution in [0.4, 0.5) is 4.39 Å². The first-order valence-corrected chi connectivity index (χ1v) is 4.02. The van der Waals surface area contributed by atoms with E-state index in [4.69, 9.17) is 5.11 Å². The van der Waals surface area contributed by atoms with Gasteiger partial charge in [-0.3, -0.25) is 0 Å². The third-order valence-corrected chi connectivity index (χ3v) is 1.80. The summed E-state index contributed by atoms with van der Waals surface area (Å²) in [5.41, 5.74) is 1.35. The second-order valence-electron chi connectivity index (χ2n) is 2.78. The van der Waals surface area contributed by atoms with Gasteiger partial charge < -0.3 is 5.11 Å². The number of halogens is 1. The molecular formula is C10H7FN2O. The molecule has 0 radical (unpaired) electrons. The molecule has 0 atom stereocenters. The number of benzene rings is 1. The van der Waals surface area contributed by atoms with Gasteiger partial charge in [0.25, 0.3) is 0 Å². The summed E-state index contributed by atoms with van der Waals surface area (Å²) >= 11 is 0. The molecule has 0 unspecified atom stereocenters. The highest BCUT2D eigenvalue weighted by Crippen LogP contribution is 2.18. The predicted octanol–water partition coefficient (Wildman–Crippen LogP) is 1.99. The third-order valence-electron chi connectivity index (χ3n) is 1.80. The van der Waals surface area contributed by atoms with Gasteiger partial charge in [0.05, 0.1) is 0 Å². The van der Waals surface area contributed by atoms with Crippen molar-refractivity contribution < 1.29 is 9.50 Å². The van der Waals surface area contributed by atoms with Crippen molar-refractivity contribution in [2.75, 3.05) is 0 Å². The van der Waals surface area contributed by atoms with Crippen molar-refractivity contribution in [1.82, 2.24) is 9.97 Å². The van der Waals surface area contributed by atoms with E-state index in [1.54, 1.807) is 12.1 Å².